The number of benzene rings is 2. The Morgan fingerprint density at radius 3 is 2.66 bits per heavy atom. The third-order valence-corrected chi connectivity index (χ3v) is 6.96. The molecule has 0 saturated carbocycles. The van der Waals surface area contributed by atoms with Gasteiger partial charge in [0, 0.05) is 37.6 Å². The number of para-hydroxylation sites is 1. The van der Waals surface area contributed by atoms with Crippen molar-refractivity contribution in [2.45, 2.75) is 26.7 Å². The van der Waals surface area contributed by atoms with Gasteiger partial charge in [0.1, 0.15) is 15.8 Å². The Labute approximate surface area is 215 Å². The van der Waals surface area contributed by atoms with Gasteiger partial charge in [-0.1, -0.05) is 49.1 Å². The molecule has 35 heavy (non-hydrogen) atoms. The predicted molar refractivity (Wildman–Crippen MR) is 146 cm³/mol. The predicted octanol–water partition coefficient (Wildman–Crippen LogP) is 5.87. The summed E-state index contributed by atoms with van der Waals surface area (Å²) >= 11 is 6.82. The average Bonchev–Trinajstić information content (AvgIpc) is 3.39. The fraction of sp³-hybridized carbons (Fsp3) is 0.296. The summed E-state index contributed by atoms with van der Waals surface area (Å²) in [6.07, 6.45) is 5.55. The molecule has 0 atom stereocenters. The zero-order valence-corrected chi connectivity index (χ0v) is 21.8. The molecule has 182 valence electrons. The Morgan fingerprint density at radius 2 is 1.94 bits per heavy atom. The first kappa shape index (κ1) is 25.2. The van der Waals surface area contributed by atoms with Crippen LogP contribution in [0.15, 0.2) is 59.6 Å². The van der Waals surface area contributed by atoms with Gasteiger partial charge in [-0.3, -0.25) is 9.69 Å². The van der Waals surface area contributed by atoms with Crippen LogP contribution in [0.2, 0.25) is 0 Å². The summed E-state index contributed by atoms with van der Waals surface area (Å²) < 4.78 is 13.3. The monoisotopic (exact) mass is 507 g/mol. The smallest absolute Gasteiger partial charge is 0.266 e. The van der Waals surface area contributed by atoms with Crippen molar-refractivity contribution in [2.75, 3.05) is 26.9 Å². The molecular weight excluding hydrogens is 478 g/mol. The first-order valence-corrected chi connectivity index (χ1v) is 12.9. The second-order valence-electron chi connectivity index (χ2n) is 8.22. The highest BCUT2D eigenvalue weighted by Crippen LogP contribution is 2.36. The number of hydrogen-bond acceptors (Lipinski definition) is 6. The zero-order chi connectivity index (χ0) is 24.8. The van der Waals surface area contributed by atoms with E-state index in [1.54, 1.807) is 12.0 Å². The lowest BCUT2D eigenvalue weighted by Crippen LogP contribution is -2.29. The molecule has 1 aliphatic heterocycles. The molecule has 2 heterocycles. The Bertz CT molecular complexity index is 1240. The van der Waals surface area contributed by atoms with Gasteiger partial charge in [-0.15, -0.1) is 0 Å². The number of carbonyl (C=O) groups is 1. The number of methoxy groups -OCH3 is 1. The number of aryl methyl sites for hydroxylation is 1. The normalized spacial score (nSPS) is 14.8. The molecule has 1 fully saturated rings. The minimum atomic E-state index is -0.0745. The van der Waals surface area contributed by atoms with Crippen molar-refractivity contribution in [3.05, 3.63) is 70.8 Å². The lowest BCUT2D eigenvalue weighted by molar-refractivity contribution is -0.122. The van der Waals surface area contributed by atoms with E-state index in [0.717, 1.165) is 46.7 Å². The summed E-state index contributed by atoms with van der Waals surface area (Å²) in [6, 6.07) is 16.0. The van der Waals surface area contributed by atoms with Crippen LogP contribution in [0.5, 0.6) is 5.75 Å². The summed E-state index contributed by atoms with van der Waals surface area (Å²) in [4.78, 5) is 15.4. The van der Waals surface area contributed by atoms with Crippen LogP contribution in [0.4, 0.5) is 0 Å². The molecular formula is C27H29N3O3S2. The zero-order valence-electron chi connectivity index (χ0n) is 20.2. The molecule has 3 aromatic rings. The lowest BCUT2D eigenvalue weighted by atomic mass is 10.0. The number of thiocarbonyl (C=S) groups is 1. The second kappa shape index (κ2) is 11.7. The molecule has 6 nitrogen and oxygen atoms in total. The van der Waals surface area contributed by atoms with Crippen molar-refractivity contribution in [3.63, 3.8) is 0 Å². The highest BCUT2D eigenvalue weighted by Gasteiger charge is 2.32. The van der Waals surface area contributed by atoms with E-state index in [9.17, 15) is 4.79 Å². The van der Waals surface area contributed by atoms with Crippen molar-refractivity contribution >= 4 is 40.3 Å². The molecule has 1 aliphatic rings. The maximum atomic E-state index is 13.1. The van der Waals surface area contributed by atoms with Gasteiger partial charge < -0.3 is 9.47 Å². The first-order chi connectivity index (χ1) is 17.0. The molecule has 4 rings (SSSR count). The third-order valence-electron chi connectivity index (χ3n) is 5.58. The van der Waals surface area contributed by atoms with E-state index in [1.807, 2.05) is 65.5 Å². The second-order valence-corrected chi connectivity index (χ2v) is 9.89. The molecule has 8 heteroatoms. The van der Waals surface area contributed by atoms with E-state index in [2.05, 4.69) is 13.8 Å². The number of aromatic nitrogens is 2. The van der Waals surface area contributed by atoms with Crippen LogP contribution < -0.4 is 4.74 Å². The van der Waals surface area contributed by atoms with Crippen LogP contribution >= 0.6 is 24.0 Å². The average molecular weight is 508 g/mol. The molecule has 1 aromatic heterocycles. The van der Waals surface area contributed by atoms with Crippen LogP contribution in [0.3, 0.4) is 0 Å². The topological polar surface area (TPSA) is 56.6 Å². The molecule has 0 N–H and O–H groups in total. The highest BCUT2D eigenvalue weighted by molar-refractivity contribution is 8.26. The van der Waals surface area contributed by atoms with Crippen LogP contribution in [-0.4, -0.2) is 51.8 Å². The number of rotatable bonds is 10. The quantitative estimate of drug-likeness (QED) is 0.194. The number of hydrogen-bond donors (Lipinski definition) is 0. The van der Waals surface area contributed by atoms with Gasteiger partial charge in [-0.25, -0.2) is 4.68 Å². The molecule has 0 unspecified atom stereocenters. The lowest BCUT2D eigenvalue weighted by Gasteiger charge is -2.13. The molecule has 0 spiro atoms. The summed E-state index contributed by atoms with van der Waals surface area (Å²) in [5.74, 6) is 0.767. The van der Waals surface area contributed by atoms with Crippen LogP contribution in [0, 0.1) is 6.92 Å². The minimum Gasteiger partial charge on any atom is -0.494 e. The van der Waals surface area contributed by atoms with Crippen molar-refractivity contribution in [1.29, 1.82) is 0 Å². The highest BCUT2D eigenvalue weighted by atomic mass is 32.2. The van der Waals surface area contributed by atoms with Crippen molar-refractivity contribution in [1.82, 2.24) is 14.7 Å². The van der Waals surface area contributed by atoms with E-state index in [1.165, 1.54) is 11.8 Å². The van der Waals surface area contributed by atoms with E-state index >= 15 is 0 Å². The van der Waals surface area contributed by atoms with Crippen molar-refractivity contribution < 1.29 is 14.3 Å². The Morgan fingerprint density at radius 1 is 1.14 bits per heavy atom. The Balaban J connectivity index is 1.72. The summed E-state index contributed by atoms with van der Waals surface area (Å²) in [6.45, 7) is 5.95. The van der Waals surface area contributed by atoms with E-state index in [4.69, 9.17) is 26.8 Å². The van der Waals surface area contributed by atoms with Gasteiger partial charge in [0.15, 0.2) is 0 Å². The van der Waals surface area contributed by atoms with Gasteiger partial charge in [-0.05, 0) is 61.7 Å². The van der Waals surface area contributed by atoms with Crippen molar-refractivity contribution in [2.24, 2.45) is 0 Å². The van der Waals surface area contributed by atoms with E-state index < -0.39 is 0 Å². The SMILES string of the molecule is CCCOc1ccc(-c2nn(-c3ccccc3)cc2/C=C2\SC(=S)N(CCCOC)C2=O)c(C)c1. The summed E-state index contributed by atoms with van der Waals surface area (Å²) in [5.41, 5.74) is 4.65. The number of carbonyl (C=O) groups excluding carboxylic acids is 1. The molecule has 1 saturated heterocycles. The van der Waals surface area contributed by atoms with Crippen LogP contribution in [0.1, 0.15) is 30.9 Å². The Hall–Kier alpha value is -2.94. The molecule has 1 amide bonds. The van der Waals surface area contributed by atoms with Gasteiger partial charge in [0.25, 0.3) is 5.91 Å². The standard InChI is InChI=1S/C27H29N3O3S2/c1-4-14-33-22-11-12-23(19(2)16-22)25-20(18-30(28-25)21-9-6-5-7-10-21)17-24-26(31)29(27(34)35-24)13-8-15-32-3/h5-7,9-12,16-18H,4,8,13-15H2,1-3H3/b24-17-. The van der Waals surface area contributed by atoms with Crippen molar-refractivity contribution in [3.8, 4) is 22.7 Å². The van der Waals surface area contributed by atoms with Gasteiger partial charge in [-0.2, -0.15) is 5.10 Å². The number of ether oxygens (including phenoxy) is 2. The molecule has 0 bridgehead atoms. The van der Waals surface area contributed by atoms with Crippen LogP contribution in [-0.2, 0) is 9.53 Å². The van der Waals surface area contributed by atoms with Crippen LogP contribution in [0.25, 0.3) is 23.0 Å². The number of thioether (sulfide) groups is 1. The largest absolute Gasteiger partial charge is 0.494 e. The molecule has 2 aromatic carbocycles. The maximum Gasteiger partial charge on any atom is 0.266 e. The number of nitrogens with zero attached hydrogens (tertiary/aromatic N) is 3. The van der Waals surface area contributed by atoms with Gasteiger partial charge >= 0.3 is 0 Å². The number of amides is 1. The maximum absolute atomic E-state index is 13.1. The Kier molecular flexibility index (Phi) is 8.38. The van der Waals surface area contributed by atoms with Gasteiger partial charge in [0.2, 0.25) is 0 Å². The summed E-state index contributed by atoms with van der Waals surface area (Å²) in [5, 5.41) is 4.92. The fourth-order valence-electron chi connectivity index (χ4n) is 3.83. The molecule has 0 aliphatic carbocycles. The third kappa shape index (κ3) is 5.83. The van der Waals surface area contributed by atoms with E-state index in [0.29, 0.717) is 29.0 Å². The first-order valence-electron chi connectivity index (χ1n) is 11.6. The fourth-order valence-corrected chi connectivity index (χ4v) is 5.13. The summed E-state index contributed by atoms with van der Waals surface area (Å²) in [7, 11) is 1.65. The minimum absolute atomic E-state index is 0.0745. The van der Waals surface area contributed by atoms with E-state index in [-0.39, 0.29) is 5.91 Å². The van der Waals surface area contributed by atoms with Gasteiger partial charge in [0.05, 0.1) is 17.2 Å². The molecule has 0 radical (unpaired) electrons.